The molecule has 0 saturated carbocycles. The van der Waals surface area contributed by atoms with E-state index in [0.717, 1.165) is 38.6 Å². The first-order valence-electron chi connectivity index (χ1n) is 9.18. The number of hydrogen-bond donors (Lipinski definition) is 1. The molecule has 4 aromatic rings. The molecule has 2 aromatic carbocycles. The number of nitrogens with one attached hydrogen (secondary N) is 1. The van der Waals surface area contributed by atoms with E-state index in [-0.39, 0.29) is 11.8 Å². The van der Waals surface area contributed by atoms with Gasteiger partial charge in [0.25, 0.3) is 11.8 Å². The van der Waals surface area contributed by atoms with Crippen LogP contribution in [0, 0.1) is 6.92 Å². The van der Waals surface area contributed by atoms with Crippen LogP contribution < -0.4 is 5.32 Å². The van der Waals surface area contributed by atoms with E-state index < -0.39 is 0 Å². The van der Waals surface area contributed by atoms with E-state index >= 15 is 0 Å². The van der Waals surface area contributed by atoms with Gasteiger partial charge in [-0.1, -0.05) is 36.4 Å². The molecule has 1 N–H and O–H groups in total. The highest BCUT2D eigenvalue weighted by atomic mass is 16.2. The van der Waals surface area contributed by atoms with E-state index in [1.807, 2.05) is 80.3 Å². The molecule has 0 saturated heterocycles. The van der Waals surface area contributed by atoms with Crippen molar-refractivity contribution in [3.05, 3.63) is 71.5 Å². The van der Waals surface area contributed by atoms with Crippen LogP contribution in [-0.4, -0.2) is 20.9 Å². The van der Waals surface area contributed by atoms with Crippen molar-refractivity contribution in [2.24, 2.45) is 14.1 Å². The Morgan fingerprint density at radius 1 is 0.786 bits per heavy atom. The molecule has 2 amide bonds. The standard InChI is InChI=1S/C23H19N3O2/c1-13-19(15-9-5-7-11-18(15)26(13)3)21-20(22(27)24-23(21)28)16-12-25(2)17-10-6-4-8-14(16)17/h4-12H,1-3H3,(H,24,27,28). The lowest BCUT2D eigenvalue weighted by Gasteiger charge is -2.05. The molecule has 5 rings (SSSR count). The van der Waals surface area contributed by atoms with Crippen molar-refractivity contribution in [3.63, 3.8) is 0 Å². The molecule has 0 atom stereocenters. The summed E-state index contributed by atoms with van der Waals surface area (Å²) in [6.07, 6.45) is 1.93. The zero-order chi connectivity index (χ0) is 19.6. The fraction of sp³-hybridized carbons (Fsp3) is 0.130. The Bertz CT molecular complexity index is 1350. The van der Waals surface area contributed by atoms with E-state index in [1.54, 1.807) is 0 Å². The third-order valence-corrected chi connectivity index (χ3v) is 5.75. The van der Waals surface area contributed by atoms with Crippen molar-refractivity contribution in [1.82, 2.24) is 14.5 Å². The van der Waals surface area contributed by atoms with Crippen LogP contribution in [-0.2, 0) is 23.7 Å². The van der Waals surface area contributed by atoms with Crippen LogP contribution in [0.5, 0.6) is 0 Å². The third-order valence-electron chi connectivity index (χ3n) is 5.75. The first kappa shape index (κ1) is 16.6. The number of carbonyl (C=O) groups excluding carboxylic acids is 2. The Balaban J connectivity index is 1.92. The number of amides is 2. The lowest BCUT2D eigenvalue weighted by molar-refractivity contribution is -0.122. The van der Waals surface area contributed by atoms with E-state index in [9.17, 15) is 9.59 Å². The van der Waals surface area contributed by atoms with Gasteiger partial charge in [0, 0.05) is 58.9 Å². The molecule has 0 spiro atoms. The SMILES string of the molecule is Cc1c(C2=C(c3cn(C)c4ccccc34)C(=O)NC2=O)c2ccccc2n1C. The average Bonchev–Trinajstić information content (AvgIpc) is 3.26. The summed E-state index contributed by atoms with van der Waals surface area (Å²) < 4.78 is 4.05. The van der Waals surface area contributed by atoms with Gasteiger partial charge in [-0.25, -0.2) is 0 Å². The number of carbonyl (C=O) groups is 2. The normalized spacial score (nSPS) is 14.5. The second-order valence-electron chi connectivity index (χ2n) is 7.24. The summed E-state index contributed by atoms with van der Waals surface area (Å²) in [4.78, 5) is 25.8. The molecular weight excluding hydrogens is 350 g/mol. The number of aromatic nitrogens is 2. The number of hydrogen-bond acceptors (Lipinski definition) is 2. The highest BCUT2D eigenvalue weighted by Gasteiger charge is 2.36. The van der Waals surface area contributed by atoms with Gasteiger partial charge < -0.3 is 9.13 Å². The van der Waals surface area contributed by atoms with E-state index in [0.29, 0.717) is 11.1 Å². The largest absolute Gasteiger partial charge is 0.350 e. The quantitative estimate of drug-likeness (QED) is 0.550. The van der Waals surface area contributed by atoms with Gasteiger partial charge in [-0.15, -0.1) is 0 Å². The molecule has 2 aromatic heterocycles. The zero-order valence-electron chi connectivity index (χ0n) is 15.9. The van der Waals surface area contributed by atoms with Gasteiger partial charge in [0.05, 0.1) is 11.1 Å². The maximum atomic E-state index is 12.9. The Morgan fingerprint density at radius 3 is 2.14 bits per heavy atom. The van der Waals surface area contributed by atoms with Crippen molar-refractivity contribution in [2.75, 3.05) is 0 Å². The molecule has 5 nitrogen and oxygen atoms in total. The van der Waals surface area contributed by atoms with Gasteiger partial charge in [0.15, 0.2) is 0 Å². The third kappa shape index (κ3) is 2.07. The lowest BCUT2D eigenvalue weighted by atomic mass is 9.94. The van der Waals surface area contributed by atoms with Crippen molar-refractivity contribution >= 4 is 44.8 Å². The fourth-order valence-corrected chi connectivity index (χ4v) is 4.33. The van der Waals surface area contributed by atoms with Crippen molar-refractivity contribution in [3.8, 4) is 0 Å². The second kappa shape index (κ2) is 5.70. The second-order valence-corrected chi connectivity index (χ2v) is 7.24. The molecule has 0 radical (unpaired) electrons. The Hall–Kier alpha value is -3.60. The first-order valence-corrected chi connectivity index (χ1v) is 9.18. The zero-order valence-corrected chi connectivity index (χ0v) is 15.9. The minimum atomic E-state index is -0.344. The highest BCUT2D eigenvalue weighted by molar-refractivity contribution is 6.51. The maximum absolute atomic E-state index is 12.9. The molecule has 28 heavy (non-hydrogen) atoms. The summed E-state index contributed by atoms with van der Waals surface area (Å²) in [6, 6.07) is 15.9. The number of fused-ring (bicyclic) bond motifs is 2. The lowest BCUT2D eigenvalue weighted by Crippen LogP contribution is -2.22. The molecule has 3 heterocycles. The minimum absolute atomic E-state index is 0.340. The molecule has 0 aliphatic carbocycles. The number of nitrogens with zero attached hydrogens (tertiary/aromatic N) is 2. The monoisotopic (exact) mass is 369 g/mol. The van der Waals surface area contributed by atoms with Crippen LogP contribution in [0.3, 0.4) is 0 Å². The van der Waals surface area contributed by atoms with Gasteiger partial charge in [0.2, 0.25) is 0 Å². The summed E-state index contributed by atoms with van der Waals surface area (Å²) in [6.45, 7) is 1.99. The van der Waals surface area contributed by atoms with Gasteiger partial charge in [-0.2, -0.15) is 0 Å². The summed E-state index contributed by atoms with van der Waals surface area (Å²) in [5, 5.41) is 4.45. The summed E-state index contributed by atoms with van der Waals surface area (Å²) in [5.41, 5.74) is 5.52. The van der Waals surface area contributed by atoms with Crippen LogP contribution >= 0.6 is 0 Å². The summed E-state index contributed by atoms with van der Waals surface area (Å²) in [7, 11) is 3.93. The number of imide groups is 1. The molecule has 1 aliphatic rings. The van der Waals surface area contributed by atoms with Crippen LogP contribution in [0.2, 0.25) is 0 Å². The average molecular weight is 369 g/mol. The van der Waals surface area contributed by atoms with E-state index in [4.69, 9.17) is 0 Å². The predicted octanol–water partition coefficient (Wildman–Crippen LogP) is 3.55. The minimum Gasteiger partial charge on any atom is -0.350 e. The Morgan fingerprint density at radius 2 is 1.39 bits per heavy atom. The molecular formula is C23H19N3O2. The van der Waals surface area contributed by atoms with E-state index in [2.05, 4.69) is 9.88 Å². The van der Waals surface area contributed by atoms with Crippen molar-refractivity contribution in [2.45, 2.75) is 6.92 Å². The van der Waals surface area contributed by atoms with Gasteiger partial charge in [-0.3, -0.25) is 14.9 Å². The summed E-state index contributed by atoms with van der Waals surface area (Å²) >= 11 is 0. The topological polar surface area (TPSA) is 56.0 Å². The molecule has 1 aliphatic heterocycles. The smallest absolute Gasteiger partial charge is 0.259 e. The summed E-state index contributed by atoms with van der Waals surface area (Å²) in [5.74, 6) is -0.684. The van der Waals surface area contributed by atoms with Gasteiger partial charge >= 0.3 is 0 Å². The highest BCUT2D eigenvalue weighted by Crippen LogP contribution is 2.40. The van der Waals surface area contributed by atoms with Crippen LogP contribution in [0.1, 0.15) is 16.8 Å². The maximum Gasteiger partial charge on any atom is 0.259 e. The Labute approximate surface area is 161 Å². The molecule has 0 fully saturated rings. The number of para-hydroxylation sites is 2. The Kier molecular flexibility index (Phi) is 3.37. The van der Waals surface area contributed by atoms with Crippen molar-refractivity contribution in [1.29, 1.82) is 0 Å². The van der Waals surface area contributed by atoms with E-state index in [1.165, 1.54) is 0 Å². The van der Waals surface area contributed by atoms with Crippen LogP contribution in [0.25, 0.3) is 33.0 Å². The van der Waals surface area contributed by atoms with Gasteiger partial charge in [0.1, 0.15) is 0 Å². The fourth-order valence-electron chi connectivity index (χ4n) is 4.33. The van der Waals surface area contributed by atoms with Crippen LogP contribution in [0.15, 0.2) is 54.7 Å². The van der Waals surface area contributed by atoms with Crippen molar-refractivity contribution < 1.29 is 9.59 Å². The molecule has 0 unspecified atom stereocenters. The predicted molar refractivity (Wildman–Crippen MR) is 111 cm³/mol. The number of benzene rings is 2. The molecule has 5 heteroatoms. The number of aryl methyl sites for hydroxylation is 2. The first-order chi connectivity index (χ1) is 13.5. The molecule has 0 bridgehead atoms. The molecule has 138 valence electrons. The van der Waals surface area contributed by atoms with Crippen LogP contribution in [0.4, 0.5) is 0 Å². The number of rotatable bonds is 2. The van der Waals surface area contributed by atoms with Gasteiger partial charge in [-0.05, 0) is 19.1 Å².